The van der Waals surface area contributed by atoms with Crippen LogP contribution in [0.2, 0.25) is 0 Å². The number of amides is 1. The molecule has 0 aliphatic carbocycles. The summed E-state index contributed by atoms with van der Waals surface area (Å²) in [5.41, 5.74) is 1.75. The van der Waals surface area contributed by atoms with Crippen LogP contribution in [0.1, 0.15) is 28.8 Å². The largest absolute Gasteiger partial charge is 0.497 e. The number of anilines is 1. The summed E-state index contributed by atoms with van der Waals surface area (Å²) in [7, 11) is 1.67. The number of hydrogen-bond donors (Lipinski definition) is 2. The first-order valence-corrected chi connectivity index (χ1v) is 8.97. The highest BCUT2D eigenvalue weighted by molar-refractivity contribution is 5.94. The van der Waals surface area contributed by atoms with E-state index in [9.17, 15) is 4.79 Å². The van der Waals surface area contributed by atoms with E-state index >= 15 is 0 Å². The van der Waals surface area contributed by atoms with Gasteiger partial charge >= 0.3 is 0 Å². The number of benzene rings is 1. The van der Waals surface area contributed by atoms with Crippen molar-refractivity contribution in [2.75, 3.05) is 32.1 Å². The Kier molecular flexibility index (Phi) is 6.44. The van der Waals surface area contributed by atoms with E-state index < -0.39 is 0 Å². The van der Waals surface area contributed by atoms with Crippen molar-refractivity contribution in [2.45, 2.75) is 25.4 Å². The number of carbonyl (C=O) groups is 1. The van der Waals surface area contributed by atoms with Crippen molar-refractivity contribution >= 4 is 11.7 Å². The van der Waals surface area contributed by atoms with E-state index in [1.807, 2.05) is 24.3 Å². The number of ether oxygens (including phenoxy) is 2. The molecule has 0 spiro atoms. The van der Waals surface area contributed by atoms with Crippen LogP contribution < -0.4 is 15.4 Å². The van der Waals surface area contributed by atoms with E-state index in [0.29, 0.717) is 12.1 Å². The summed E-state index contributed by atoms with van der Waals surface area (Å²) in [6.07, 6.45) is 4.68. The molecule has 0 radical (unpaired) electrons. The van der Waals surface area contributed by atoms with Crippen molar-refractivity contribution in [1.82, 2.24) is 10.3 Å². The normalized spacial score (nSPS) is 16.3. The summed E-state index contributed by atoms with van der Waals surface area (Å²) >= 11 is 0. The summed E-state index contributed by atoms with van der Waals surface area (Å²) in [5, 5.41) is 6.17. The SMILES string of the molecule is COc1cccc(CCNc2ccc(C(=O)NCC3CCCO3)cn2)c1. The summed E-state index contributed by atoms with van der Waals surface area (Å²) in [5.74, 6) is 1.50. The molecule has 1 aromatic heterocycles. The fourth-order valence-electron chi connectivity index (χ4n) is 2.91. The smallest absolute Gasteiger partial charge is 0.252 e. The zero-order valence-corrected chi connectivity index (χ0v) is 15.0. The Labute approximate surface area is 153 Å². The zero-order chi connectivity index (χ0) is 18.2. The first kappa shape index (κ1) is 18.2. The maximum absolute atomic E-state index is 12.1. The third-order valence-corrected chi connectivity index (χ3v) is 4.39. The zero-order valence-electron chi connectivity index (χ0n) is 15.0. The lowest BCUT2D eigenvalue weighted by molar-refractivity contribution is 0.0857. The second-order valence-corrected chi connectivity index (χ2v) is 6.31. The number of hydrogen-bond acceptors (Lipinski definition) is 5. The van der Waals surface area contributed by atoms with Gasteiger partial charge in [-0.05, 0) is 49.1 Å². The van der Waals surface area contributed by atoms with Gasteiger partial charge < -0.3 is 20.1 Å². The molecule has 1 aromatic carbocycles. The van der Waals surface area contributed by atoms with Crippen molar-refractivity contribution in [1.29, 1.82) is 0 Å². The molecule has 6 heteroatoms. The minimum atomic E-state index is -0.115. The maximum Gasteiger partial charge on any atom is 0.252 e. The van der Waals surface area contributed by atoms with Crippen LogP contribution >= 0.6 is 0 Å². The number of nitrogens with zero attached hydrogens (tertiary/aromatic N) is 1. The van der Waals surface area contributed by atoms with Crippen LogP contribution in [0.25, 0.3) is 0 Å². The van der Waals surface area contributed by atoms with Crippen molar-refractivity contribution in [3.8, 4) is 5.75 Å². The quantitative estimate of drug-likeness (QED) is 0.762. The molecule has 1 amide bonds. The first-order chi connectivity index (χ1) is 12.7. The fraction of sp³-hybridized carbons (Fsp3) is 0.400. The van der Waals surface area contributed by atoms with Crippen molar-refractivity contribution < 1.29 is 14.3 Å². The number of nitrogens with one attached hydrogen (secondary N) is 2. The van der Waals surface area contributed by atoms with Crippen molar-refractivity contribution in [2.24, 2.45) is 0 Å². The fourth-order valence-corrected chi connectivity index (χ4v) is 2.91. The third kappa shape index (κ3) is 5.20. The average Bonchev–Trinajstić information content (AvgIpc) is 3.20. The van der Waals surface area contributed by atoms with Gasteiger partial charge in [0.15, 0.2) is 0 Å². The van der Waals surface area contributed by atoms with Gasteiger partial charge in [0, 0.05) is 25.9 Å². The molecule has 6 nitrogen and oxygen atoms in total. The number of rotatable bonds is 8. The molecule has 1 aliphatic rings. The molecule has 0 saturated carbocycles. The average molecular weight is 355 g/mol. The number of aromatic nitrogens is 1. The molecular weight excluding hydrogens is 330 g/mol. The van der Waals surface area contributed by atoms with Crippen LogP contribution in [0, 0.1) is 0 Å². The standard InChI is InChI=1S/C20H25N3O3/c1-25-17-5-2-4-15(12-17)9-10-21-19-8-7-16(13-22-19)20(24)23-14-18-6-3-11-26-18/h2,4-5,7-8,12-13,18H,3,6,9-11,14H2,1H3,(H,21,22)(H,23,24). The molecule has 1 atom stereocenters. The Morgan fingerprint density at radius 1 is 1.35 bits per heavy atom. The molecule has 2 heterocycles. The Morgan fingerprint density at radius 3 is 3.00 bits per heavy atom. The topological polar surface area (TPSA) is 72.5 Å². The van der Waals surface area contributed by atoms with E-state index in [4.69, 9.17) is 9.47 Å². The second-order valence-electron chi connectivity index (χ2n) is 6.31. The molecular formula is C20H25N3O3. The Morgan fingerprint density at radius 2 is 2.27 bits per heavy atom. The predicted octanol–water partition coefficient (Wildman–Crippen LogP) is 2.65. The number of methoxy groups -OCH3 is 1. The maximum atomic E-state index is 12.1. The highest BCUT2D eigenvalue weighted by Gasteiger charge is 2.16. The first-order valence-electron chi connectivity index (χ1n) is 8.97. The van der Waals surface area contributed by atoms with Gasteiger partial charge in [-0.25, -0.2) is 4.98 Å². The minimum absolute atomic E-state index is 0.115. The molecule has 138 valence electrons. The monoisotopic (exact) mass is 355 g/mol. The highest BCUT2D eigenvalue weighted by atomic mass is 16.5. The van der Waals surface area contributed by atoms with Crippen LogP contribution in [0.15, 0.2) is 42.6 Å². The minimum Gasteiger partial charge on any atom is -0.497 e. The van der Waals surface area contributed by atoms with Gasteiger partial charge in [0.05, 0.1) is 18.8 Å². The molecule has 1 aliphatic heterocycles. The number of carbonyl (C=O) groups excluding carboxylic acids is 1. The summed E-state index contributed by atoms with van der Waals surface area (Å²) < 4.78 is 10.7. The van der Waals surface area contributed by atoms with Gasteiger partial charge in [-0.3, -0.25) is 4.79 Å². The van der Waals surface area contributed by atoms with Crippen LogP contribution in [0.4, 0.5) is 5.82 Å². The van der Waals surface area contributed by atoms with Gasteiger partial charge in [0.1, 0.15) is 11.6 Å². The van der Waals surface area contributed by atoms with Crippen LogP contribution in [0.5, 0.6) is 5.75 Å². The summed E-state index contributed by atoms with van der Waals surface area (Å²) in [6.45, 7) is 2.10. The van der Waals surface area contributed by atoms with Crippen LogP contribution in [0.3, 0.4) is 0 Å². The lowest BCUT2D eigenvalue weighted by Gasteiger charge is -2.11. The van der Waals surface area contributed by atoms with Gasteiger partial charge in [-0.2, -0.15) is 0 Å². The molecule has 0 bridgehead atoms. The Bertz CT molecular complexity index is 712. The number of pyridine rings is 1. The second kappa shape index (κ2) is 9.20. The van der Waals surface area contributed by atoms with Crippen LogP contribution in [-0.4, -0.2) is 43.8 Å². The molecule has 1 fully saturated rings. The van der Waals surface area contributed by atoms with E-state index in [0.717, 1.165) is 44.0 Å². The van der Waals surface area contributed by atoms with E-state index in [-0.39, 0.29) is 12.0 Å². The molecule has 1 unspecified atom stereocenters. The summed E-state index contributed by atoms with van der Waals surface area (Å²) in [4.78, 5) is 16.4. The third-order valence-electron chi connectivity index (χ3n) is 4.39. The Balaban J connectivity index is 1.44. The van der Waals surface area contributed by atoms with Gasteiger partial charge in [0.2, 0.25) is 0 Å². The van der Waals surface area contributed by atoms with Crippen molar-refractivity contribution in [3.05, 3.63) is 53.7 Å². The lowest BCUT2D eigenvalue weighted by atomic mass is 10.1. The summed E-state index contributed by atoms with van der Waals surface area (Å²) in [6, 6.07) is 11.6. The van der Waals surface area contributed by atoms with Gasteiger partial charge in [0.25, 0.3) is 5.91 Å². The predicted molar refractivity (Wildman–Crippen MR) is 101 cm³/mol. The molecule has 1 saturated heterocycles. The van der Waals surface area contributed by atoms with Gasteiger partial charge in [-0.15, -0.1) is 0 Å². The van der Waals surface area contributed by atoms with Gasteiger partial charge in [-0.1, -0.05) is 12.1 Å². The molecule has 3 rings (SSSR count). The highest BCUT2D eigenvalue weighted by Crippen LogP contribution is 2.14. The van der Waals surface area contributed by atoms with E-state index in [1.165, 1.54) is 5.56 Å². The molecule has 2 N–H and O–H groups in total. The van der Waals surface area contributed by atoms with E-state index in [2.05, 4.69) is 21.7 Å². The molecule has 26 heavy (non-hydrogen) atoms. The van der Waals surface area contributed by atoms with Crippen LogP contribution in [-0.2, 0) is 11.2 Å². The van der Waals surface area contributed by atoms with E-state index in [1.54, 1.807) is 19.4 Å². The lowest BCUT2D eigenvalue weighted by Crippen LogP contribution is -2.31. The Hall–Kier alpha value is -2.60. The molecule has 2 aromatic rings. The van der Waals surface area contributed by atoms with Crippen molar-refractivity contribution in [3.63, 3.8) is 0 Å².